The van der Waals surface area contributed by atoms with Gasteiger partial charge in [-0.15, -0.1) is 0 Å². The summed E-state index contributed by atoms with van der Waals surface area (Å²) in [5.74, 6) is -0.132. The van der Waals surface area contributed by atoms with Gasteiger partial charge in [0.1, 0.15) is 5.69 Å². The summed E-state index contributed by atoms with van der Waals surface area (Å²) in [7, 11) is 3.38. The average molecular weight is 251 g/mol. The van der Waals surface area contributed by atoms with Crippen LogP contribution >= 0.6 is 0 Å². The first-order chi connectivity index (χ1) is 8.54. The Kier molecular flexibility index (Phi) is 5.58. The van der Waals surface area contributed by atoms with Crippen LogP contribution in [0.2, 0.25) is 0 Å². The molecule has 1 unspecified atom stereocenters. The van der Waals surface area contributed by atoms with Gasteiger partial charge in [-0.05, 0) is 18.6 Å². The third-order valence-corrected chi connectivity index (χ3v) is 2.55. The lowest BCUT2D eigenvalue weighted by molar-refractivity contribution is 0.0822. The highest BCUT2D eigenvalue weighted by molar-refractivity contribution is 5.92. The quantitative estimate of drug-likeness (QED) is 0.801. The number of nitrogens with zero attached hydrogens (tertiary/aromatic N) is 2. The third kappa shape index (κ3) is 4.33. The smallest absolute Gasteiger partial charge is 0.272 e. The van der Waals surface area contributed by atoms with E-state index in [1.54, 1.807) is 32.4 Å². The van der Waals surface area contributed by atoms with Crippen LogP contribution in [0.3, 0.4) is 0 Å². The molecule has 1 rings (SSSR count). The minimum atomic E-state index is -0.365. The van der Waals surface area contributed by atoms with Crippen molar-refractivity contribution in [1.29, 1.82) is 0 Å². The molecule has 0 aliphatic rings. The second-order valence-electron chi connectivity index (χ2n) is 4.45. The van der Waals surface area contributed by atoms with E-state index in [-0.39, 0.29) is 12.0 Å². The number of aliphatic hydroxyl groups excluding tert-OH is 1. The number of aromatic nitrogens is 1. The molecule has 1 heterocycles. The molecule has 0 aromatic carbocycles. The number of carbonyl (C=O) groups excluding carboxylic acids is 1. The lowest BCUT2D eigenvalue weighted by Gasteiger charge is -2.13. The molecular weight excluding hydrogens is 230 g/mol. The molecule has 0 saturated carbocycles. The van der Waals surface area contributed by atoms with E-state index in [9.17, 15) is 9.90 Å². The molecule has 100 valence electrons. The summed E-state index contributed by atoms with van der Waals surface area (Å²) in [6.45, 7) is 2.51. The molecule has 1 aromatic rings. The zero-order chi connectivity index (χ0) is 13.5. The number of pyridine rings is 1. The topological polar surface area (TPSA) is 65.5 Å². The predicted molar refractivity (Wildman–Crippen MR) is 71.7 cm³/mol. The van der Waals surface area contributed by atoms with Crippen molar-refractivity contribution in [2.45, 2.75) is 25.9 Å². The number of rotatable bonds is 6. The van der Waals surface area contributed by atoms with Gasteiger partial charge in [-0.3, -0.25) is 9.78 Å². The summed E-state index contributed by atoms with van der Waals surface area (Å²) in [6.07, 6.45) is 2.94. The fourth-order valence-electron chi connectivity index (χ4n) is 1.56. The van der Waals surface area contributed by atoms with Crippen LogP contribution in [-0.4, -0.2) is 47.6 Å². The minimum Gasteiger partial charge on any atom is -0.391 e. The Morgan fingerprint density at radius 2 is 2.28 bits per heavy atom. The molecule has 1 atom stereocenters. The van der Waals surface area contributed by atoms with Gasteiger partial charge in [0, 0.05) is 32.5 Å². The van der Waals surface area contributed by atoms with Crippen LogP contribution in [-0.2, 0) is 0 Å². The van der Waals surface area contributed by atoms with Crippen molar-refractivity contribution < 1.29 is 9.90 Å². The number of hydrogen-bond donors (Lipinski definition) is 2. The summed E-state index contributed by atoms with van der Waals surface area (Å²) in [5.41, 5.74) is 1.19. The molecule has 0 radical (unpaired) electrons. The third-order valence-electron chi connectivity index (χ3n) is 2.55. The molecule has 0 saturated heterocycles. The van der Waals surface area contributed by atoms with Crippen molar-refractivity contribution in [1.82, 2.24) is 9.88 Å². The number of amides is 1. The van der Waals surface area contributed by atoms with Gasteiger partial charge in [0.05, 0.1) is 6.10 Å². The van der Waals surface area contributed by atoms with Crippen molar-refractivity contribution >= 4 is 11.6 Å². The normalized spacial score (nSPS) is 12.0. The highest BCUT2D eigenvalue weighted by Gasteiger charge is 2.10. The van der Waals surface area contributed by atoms with Gasteiger partial charge in [0.2, 0.25) is 0 Å². The molecule has 1 amide bonds. The van der Waals surface area contributed by atoms with Crippen LogP contribution in [0, 0.1) is 0 Å². The first-order valence-corrected chi connectivity index (χ1v) is 6.14. The second-order valence-corrected chi connectivity index (χ2v) is 4.45. The number of nitrogens with one attached hydrogen (secondary N) is 1. The summed E-state index contributed by atoms with van der Waals surface area (Å²) in [6, 6.07) is 3.48. The van der Waals surface area contributed by atoms with E-state index in [1.165, 1.54) is 4.90 Å². The molecule has 1 aromatic heterocycles. The lowest BCUT2D eigenvalue weighted by Crippen LogP contribution is -2.23. The van der Waals surface area contributed by atoms with Gasteiger partial charge < -0.3 is 15.3 Å². The Labute approximate surface area is 108 Å². The van der Waals surface area contributed by atoms with Crippen molar-refractivity contribution in [3.8, 4) is 0 Å². The van der Waals surface area contributed by atoms with E-state index >= 15 is 0 Å². The first kappa shape index (κ1) is 14.4. The van der Waals surface area contributed by atoms with Crippen molar-refractivity contribution in [3.63, 3.8) is 0 Å². The van der Waals surface area contributed by atoms with Crippen LogP contribution in [0.25, 0.3) is 0 Å². The Morgan fingerprint density at radius 3 is 2.89 bits per heavy atom. The lowest BCUT2D eigenvalue weighted by atomic mass is 10.2. The fraction of sp³-hybridized carbons (Fsp3) is 0.538. The summed E-state index contributed by atoms with van der Waals surface area (Å²) in [5, 5.41) is 12.7. The molecule has 2 N–H and O–H groups in total. The summed E-state index contributed by atoms with van der Waals surface area (Å²) >= 11 is 0. The van der Waals surface area contributed by atoms with Gasteiger partial charge in [-0.1, -0.05) is 13.3 Å². The Bertz CT molecular complexity index is 394. The molecule has 0 spiro atoms. The zero-order valence-corrected chi connectivity index (χ0v) is 11.2. The van der Waals surface area contributed by atoms with E-state index in [0.717, 1.165) is 18.5 Å². The number of carbonyl (C=O) groups is 1. The van der Waals surface area contributed by atoms with Gasteiger partial charge in [0.25, 0.3) is 5.91 Å². The number of aliphatic hydroxyl groups is 1. The molecule has 5 nitrogen and oxygen atoms in total. The molecular formula is C13H21N3O2. The highest BCUT2D eigenvalue weighted by Crippen LogP contribution is 2.10. The molecule has 18 heavy (non-hydrogen) atoms. The van der Waals surface area contributed by atoms with E-state index < -0.39 is 0 Å². The molecule has 0 bridgehead atoms. The minimum absolute atomic E-state index is 0.132. The maximum Gasteiger partial charge on any atom is 0.272 e. The summed E-state index contributed by atoms with van der Waals surface area (Å²) in [4.78, 5) is 17.2. The van der Waals surface area contributed by atoms with Crippen LogP contribution in [0.1, 0.15) is 30.3 Å². The maximum absolute atomic E-state index is 11.7. The monoisotopic (exact) mass is 251 g/mol. The van der Waals surface area contributed by atoms with Crippen molar-refractivity contribution in [2.75, 3.05) is 26.0 Å². The van der Waals surface area contributed by atoms with Gasteiger partial charge in [-0.25, -0.2) is 0 Å². The molecule has 0 fully saturated rings. The van der Waals surface area contributed by atoms with Crippen LogP contribution in [0.4, 0.5) is 5.69 Å². The molecule has 0 aliphatic carbocycles. The van der Waals surface area contributed by atoms with Crippen LogP contribution < -0.4 is 5.32 Å². The first-order valence-electron chi connectivity index (χ1n) is 6.14. The zero-order valence-electron chi connectivity index (χ0n) is 11.2. The Morgan fingerprint density at radius 1 is 1.56 bits per heavy atom. The van der Waals surface area contributed by atoms with Gasteiger partial charge in [0.15, 0.2) is 0 Å². The number of anilines is 1. The summed E-state index contributed by atoms with van der Waals surface area (Å²) < 4.78 is 0. The van der Waals surface area contributed by atoms with Crippen molar-refractivity contribution in [3.05, 3.63) is 24.0 Å². The van der Waals surface area contributed by atoms with E-state index in [2.05, 4.69) is 10.3 Å². The van der Waals surface area contributed by atoms with Gasteiger partial charge in [-0.2, -0.15) is 0 Å². The average Bonchev–Trinajstić information content (AvgIpc) is 2.36. The maximum atomic E-state index is 11.7. The van der Waals surface area contributed by atoms with Crippen LogP contribution in [0.15, 0.2) is 18.3 Å². The van der Waals surface area contributed by atoms with Gasteiger partial charge >= 0.3 is 0 Å². The van der Waals surface area contributed by atoms with E-state index in [1.807, 2.05) is 6.92 Å². The fourth-order valence-corrected chi connectivity index (χ4v) is 1.56. The largest absolute Gasteiger partial charge is 0.391 e. The highest BCUT2D eigenvalue weighted by atomic mass is 16.3. The molecule has 5 heteroatoms. The Hall–Kier alpha value is -1.62. The van der Waals surface area contributed by atoms with Crippen molar-refractivity contribution in [2.24, 2.45) is 0 Å². The number of hydrogen-bond acceptors (Lipinski definition) is 4. The standard InChI is InChI=1S/C13H21N3O2/c1-4-5-11(17)9-15-10-6-7-14-12(8-10)13(18)16(2)3/h6-8,11,17H,4-5,9H2,1-3H3,(H,14,15). The predicted octanol–water partition coefficient (Wildman–Crippen LogP) is 1.36. The Balaban J connectivity index is 2.62. The van der Waals surface area contributed by atoms with E-state index in [4.69, 9.17) is 0 Å². The SMILES string of the molecule is CCCC(O)CNc1ccnc(C(=O)N(C)C)c1. The molecule has 0 aliphatic heterocycles. The van der Waals surface area contributed by atoms with E-state index in [0.29, 0.717) is 12.2 Å². The second kappa shape index (κ2) is 6.96. The van der Waals surface area contributed by atoms with Crippen LogP contribution in [0.5, 0.6) is 0 Å².